The van der Waals surface area contributed by atoms with Crippen molar-refractivity contribution in [3.63, 3.8) is 0 Å². The fourth-order valence-corrected chi connectivity index (χ4v) is 1.88. The van der Waals surface area contributed by atoms with E-state index in [9.17, 15) is 0 Å². The Labute approximate surface area is 90.7 Å². The Balaban J connectivity index is 2.22. The van der Waals surface area contributed by atoms with E-state index in [0.717, 1.165) is 43.4 Å². The van der Waals surface area contributed by atoms with Gasteiger partial charge in [0.05, 0.1) is 11.4 Å². The van der Waals surface area contributed by atoms with Crippen LogP contribution in [0.1, 0.15) is 17.8 Å². The van der Waals surface area contributed by atoms with Gasteiger partial charge in [0.2, 0.25) is 0 Å². The molecule has 1 fully saturated rings. The van der Waals surface area contributed by atoms with Gasteiger partial charge >= 0.3 is 0 Å². The molecule has 1 aromatic heterocycles. The average molecular weight is 206 g/mol. The molecule has 0 spiro atoms. The number of nitrogens with zero attached hydrogens (tertiary/aromatic N) is 3. The second kappa shape index (κ2) is 4.57. The summed E-state index contributed by atoms with van der Waals surface area (Å²) >= 11 is 0. The SMILES string of the molecule is Cc1cnc(C)c(N2CCCNCC2)n1. The molecular weight excluding hydrogens is 188 g/mol. The smallest absolute Gasteiger partial charge is 0.150 e. The van der Waals surface area contributed by atoms with Gasteiger partial charge in [-0.15, -0.1) is 0 Å². The van der Waals surface area contributed by atoms with Crippen molar-refractivity contribution < 1.29 is 0 Å². The Morgan fingerprint density at radius 2 is 2.13 bits per heavy atom. The van der Waals surface area contributed by atoms with Crippen LogP contribution in [-0.2, 0) is 0 Å². The van der Waals surface area contributed by atoms with Gasteiger partial charge in [0.15, 0.2) is 0 Å². The van der Waals surface area contributed by atoms with Crippen molar-refractivity contribution in [1.29, 1.82) is 0 Å². The van der Waals surface area contributed by atoms with Crippen molar-refractivity contribution in [2.75, 3.05) is 31.1 Å². The second-order valence-corrected chi connectivity index (χ2v) is 4.01. The molecule has 0 saturated carbocycles. The first-order valence-corrected chi connectivity index (χ1v) is 5.53. The molecule has 0 unspecified atom stereocenters. The molecule has 1 aliphatic rings. The molecule has 0 amide bonds. The maximum Gasteiger partial charge on any atom is 0.150 e. The molecule has 1 N–H and O–H groups in total. The first-order chi connectivity index (χ1) is 7.27. The summed E-state index contributed by atoms with van der Waals surface area (Å²) in [6.45, 7) is 8.26. The van der Waals surface area contributed by atoms with Crippen molar-refractivity contribution in [3.05, 3.63) is 17.6 Å². The van der Waals surface area contributed by atoms with E-state index in [0.29, 0.717) is 0 Å². The Bertz CT molecular complexity index is 329. The van der Waals surface area contributed by atoms with Crippen molar-refractivity contribution in [2.45, 2.75) is 20.3 Å². The first-order valence-electron chi connectivity index (χ1n) is 5.53. The van der Waals surface area contributed by atoms with Gasteiger partial charge in [-0.05, 0) is 26.8 Å². The van der Waals surface area contributed by atoms with Crippen molar-refractivity contribution in [1.82, 2.24) is 15.3 Å². The molecule has 0 radical (unpaired) electrons. The minimum Gasteiger partial charge on any atom is -0.354 e. The van der Waals surface area contributed by atoms with E-state index in [-0.39, 0.29) is 0 Å². The topological polar surface area (TPSA) is 41.1 Å². The molecular formula is C11H18N4. The van der Waals surface area contributed by atoms with Crippen LogP contribution in [-0.4, -0.2) is 36.1 Å². The standard InChI is InChI=1S/C11H18N4/c1-9-8-13-10(2)11(14-9)15-6-3-4-12-5-7-15/h8,12H,3-7H2,1-2H3. The highest BCUT2D eigenvalue weighted by Crippen LogP contribution is 2.15. The second-order valence-electron chi connectivity index (χ2n) is 4.01. The molecule has 0 atom stereocenters. The molecule has 0 aromatic carbocycles. The molecule has 1 aromatic rings. The summed E-state index contributed by atoms with van der Waals surface area (Å²) in [6.07, 6.45) is 3.00. The third-order valence-corrected chi connectivity index (χ3v) is 2.69. The van der Waals surface area contributed by atoms with Gasteiger partial charge in [-0.1, -0.05) is 0 Å². The van der Waals surface area contributed by atoms with E-state index < -0.39 is 0 Å². The van der Waals surface area contributed by atoms with E-state index in [1.165, 1.54) is 6.42 Å². The summed E-state index contributed by atoms with van der Waals surface area (Å²) in [5.41, 5.74) is 2.02. The lowest BCUT2D eigenvalue weighted by atomic mass is 10.3. The van der Waals surface area contributed by atoms with Gasteiger partial charge in [0, 0.05) is 25.8 Å². The molecule has 4 heteroatoms. The van der Waals surface area contributed by atoms with Crippen LogP contribution in [0, 0.1) is 13.8 Å². The van der Waals surface area contributed by atoms with Crippen LogP contribution < -0.4 is 10.2 Å². The molecule has 2 rings (SSSR count). The quantitative estimate of drug-likeness (QED) is 0.741. The number of aromatic nitrogens is 2. The van der Waals surface area contributed by atoms with Crippen LogP contribution in [0.2, 0.25) is 0 Å². The first kappa shape index (κ1) is 10.4. The molecule has 2 heterocycles. The number of nitrogens with one attached hydrogen (secondary N) is 1. The minimum atomic E-state index is 0.993. The summed E-state index contributed by atoms with van der Waals surface area (Å²) in [7, 11) is 0. The van der Waals surface area contributed by atoms with Gasteiger partial charge in [0.25, 0.3) is 0 Å². The lowest BCUT2D eigenvalue weighted by Gasteiger charge is -2.22. The van der Waals surface area contributed by atoms with Gasteiger partial charge in [0.1, 0.15) is 5.82 Å². The Hall–Kier alpha value is -1.16. The van der Waals surface area contributed by atoms with Crippen LogP contribution in [0.5, 0.6) is 0 Å². The molecule has 82 valence electrons. The van der Waals surface area contributed by atoms with Crippen LogP contribution >= 0.6 is 0 Å². The molecule has 4 nitrogen and oxygen atoms in total. The number of rotatable bonds is 1. The van der Waals surface area contributed by atoms with Gasteiger partial charge in [-0.25, -0.2) is 4.98 Å². The summed E-state index contributed by atoms with van der Waals surface area (Å²) < 4.78 is 0. The Kier molecular flexibility index (Phi) is 3.16. The van der Waals surface area contributed by atoms with E-state index in [1.807, 2.05) is 20.0 Å². The minimum absolute atomic E-state index is 0.993. The van der Waals surface area contributed by atoms with Crippen LogP contribution in [0.25, 0.3) is 0 Å². The van der Waals surface area contributed by atoms with Gasteiger partial charge in [-0.3, -0.25) is 4.98 Å². The number of anilines is 1. The predicted molar refractivity (Wildman–Crippen MR) is 61.2 cm³/mol. The van der Waals surface area contributed by atoms with Crippen molar-refractivity contribution in [3.8, 4) is 0 Å². The zero-order valence-electron chi connectivity index (χ0n) is 9.45. The lowest BCUT2D eigenvalue weighted by Crippen LogP contribution is -2.29. The third kappa shape index (κ3) is 2.45. The fourth-order valence-electron chi connectivity index (χ4n) is 1.88. The normalized spacial score (nSPS) is 17.6. The summed E-state index contributed by atoms with van der Waals surface area (Å²) in [5, 5.41) is 3.39. The third-order valence-electron chi connectivity index (χ3n) is 2.69. The van der Waals surface area contributed by atoms with Crippen LogP contribution in [0.4, 0.5) is 5.82 Å². The highest BCUT2D eigenvalue weighted by atomic mass is 15.2. The molecule has 15 heavy (non-hydrogen) atoms. The van der Waals surface area contributed by atoms with Crippen LogP contribution in [0.3, 0.4) is 0 Å². The van der Waals surface area contributed by atoms with Gasteiger partial charge < -0.3 is 10.2 Å². The van der Waals surface area contributed by atoms with E-state index >= 15 is 0 Å². The van der Waals surface area contributed by atoms with Crippen molar-refractivity contribution in [2.24, 2.45) is 0 Å². The Morgan fingerprint density at radius 3 is 3.00 bits per heavy atom. The average Bonchev–Trinajstić information content (AvgIpc) is 2.50. The maximum absolute atomic E-state index is 4.57. The van der Waals surface area contributed by atoms with Crippen molar-refractivity contribution >= 4 is 5.82 Å². The highest BCUT2D eigenvalue weighted by Gasteiger charge is 2.13. The van der Waals surface area contributed by atoms with E-state index in [1.54, 1.807) is 0 Å². The lowest BCUT2D eigenvalue weighted by molar-refractivity contribution is 0.724. The predicted octanol–water partition coefficient (Wildman–Crippen LogP) is 0.893. The summed E-state index contributed by atoms with van der Waals surface area (Å²) in [6, 6.07) is 0. The maximum atomic E-state index is 4.57. The fraction of sp³-hybridized carbons (Fsp3) is 0.636. The van der Waals surface area contributed by atoms with E-state index in [2.05, 4.69) is 20.2 Å². The molecule has 1 saturated heterocycles. The Morgan fingerprint density at radius 1 is 1.27 bits per heavy atom. The number of aryl methyl sites for hydroxylation is 2. The van der Waals surface area contributed by atoms with Crippen LogP contribution in [0.15, 0.2) is 6.20 Å². The molecule has 0 aliphatic carbocycles. The largest absolute Gasteiger partial charge is 0.354 e. The number of hydrogen-bond donors (Lipinski definition) is 1. The molecule has 0 bridgehead atoms. The molecule has 1 aliphatic heterocycles. The zero-order chi connectivity index (χ0) is 10.7. The highest BCUT2D eigenvalue weighted by molar-refractivity contribution is 5.43. The summed E-state index contributed by atoms with van der Waals surface area (Å²) in [5.74, 6) is 1.05. The number of hydrogen-bond acceptors (Lipinski definition) is 4. The monoisotopic (exact) mass is 206 g/mol. The summed E-state index contributed by atoms with van der Waals surface area (Å²) in [4.78, 5) is 11.3. The van der Waals surface area contributed by atoms with Gasteiger partial charge in [-0.2, -0.15) is 0 Å². The zero-order valence-corrected chi connectivity index (χ0v) is 9.45. The van der Waals surface area contributed by atoms with E-state index in [4.69, 9.17) is 0 Å².